The van der Waals surface area contributed by atoms with E-state index in [4.69, 9.17) is 5.11 Å². The van der Waals surface area contributed by atoms with E-state index >= 15 is 0 Å². The van der Waals surface area contributed by atoms with Gasteiger partial charge in [0, 0.05) is 18.0 Å². The SMILES string of the molecule is CCN(CC(=O)O)C1CC(NC(=O)[C@H]2C[C@H]2c2ccc(F)cc2)C1. The number of carboxylic acid groups (broad SMARTS) is 1. The third-order valence-corrected chi connectivity index (χ3v) is 5.15. The summed E-state index contributed by atoms with van der Waals surface area (Å²) in [5.41, 5.74) is 1.02. The molecule has 5 nitrogen and oxygen atoms in total. The summed E-state index contributed by atoms with van der Waals surface area (Å²) in [6.07, 6.45) is 2.43. The number of aliphatic carboxylic acids is 1. The molecule has 130 valence electrons. The molecule has 2 aliphatic rings. The van der Waals surface area contributed by atoms with Gasteiger partial charge in [-0.1, -0.05) is 19.1 Å². The van der Waals surface area contributed by atoms with Gasteiger partial charge in [-0.25, -0.2) is 4.39 Å². The Morgan fingerprint density at radius 1 is 1.25 bits per heavy atom. The zero-order valence-corrected chi connectivity index (χ0v) is 13.7. The van der Waals surface area contributed by atoms with Crippen molar-refractivity contribution in [1.82, 2.24) is 10.2 Å². The second kappa shape index (κ2) is 6.89. The Hall–Kier alpha value is -1.95. The summed E-state index contributed by atoms with van der Waals surface area (Å²) in [5, 5.41) is 12.0. The molecule has 2 aliphatic carbocycles. The molecule has 1 amide bonds. The molecule has 0 aliphatic heterocycles. The summed E-state index contributed by atoms with van der Waals surface area (Å²) in [6, 6.07) is 6.74. The second-order valence-electron chi connectivity index (χ2n) is 6.79. The minimum absolute atomic E-state index is 0.0178. The van der Waals surface area contributed by atoms with Crippen LogP contribution in [0.1, 0.15) is 37.7 Å². The lowest BCUT2D eigenvalue weighted by Gasteiger charge is -2.42. The lowest BCUT2D eigenvalue weighted by molar-refractivity contribution is -0.139. The van der Waals surface area contributed by atoms with E-state index in [1.807, 2.05) is 11.8 Å². The molecule has 0 bridgehead atoms. The Labute approximate surface area is 140 Å². The van der Waals surface area contributed by atoms with Crippen molar-refractivity contribution < 1.29 is 19.1 Å². The zero-order valence-electron chi connectivity index (χ0n) is 13.7. The van der Waals surface area contributed by atoms with Gasteiger partial charge in [0.25, 0.3) is 0 Å². The van der Waals surface area contributed by atoms with Crippen molar-refractivity contribution in [3.05, 3.63) is 35.6 Å². The van der Waals surface area contributed by atoms with Crippen molar-refractivity contribution in [2.24, 2.45) is 5.92 Å². The minimum Gasteiger partial charge on any atom is -0.480 e. The molecule has 0 unspecified atom stereocenters. The molecule has 1 aromatic rings. The van der Waals surface area contributed by atoms with Gasteiger partial charge in [-0.05, 0) is 49.4 Å². The molecule has 2 saturated carbocycles. The average molecular weight is 334 g/mol. The van der Waals surface area contributed by atoms with Crippen LogP contribution in [0.5, 0.6) is 0 Å². The maximum absolute atomic E-state index is 12.9. The number of amides is 1. The number of rotatable bonds is 7. The van der Waals surface area contributed by atoms with Crippen molar-refractivity contribution in [2.75, 3.05) is 13.1 Å². The Kier molecular flexibility index (Phi) is 4.85. The average Bonchev–Trinajstić information content (AvgIpc) is 3.29. The molecule has 0 spiro atoms. The van der Waals surface area contributed by atoms with Crippen molar-refractivity contribution in [2.45, 2.75) is 44.2 Å². The molecule has 0 heterocycles. The number of carboxylic acids is 1. The third-order valence-electron chi connectivity index (χ3n) is 5.15. The molecule has 1 aromatic carbocycles. The van der Waals surface area contributed by atoms with Crippen LogP contribution in [0.25, 0.3) is 0 Å². The van der Waals surface area contributed by atoms with Crippen molar-refractivity contribution in [3.8, 4) is 0 Å². The number of halogens is 1. The monoisotopic (exact) mass is 334 g/mol. The van der Waals surface area contributed by atoms with Gasteiger partial charge in [0.05, 0.1) is 6.54 Å². The summed E-state index contributed by atoms with van der Waals surface area (Å²) in [6.45, 7) is 2.70. The first-order valence-electron chi connectivity index (χ1n) is 8.49. The molecule has 6 heteroatoms. The lowest BCUT2D eigenvalue weighted by atomic mass is 9.85. The van der Waals surface area contributed by atoms with E-state index in [-0.39, 0.29) is 42.2 Å². The predicted molar refractivity (Wildman–Crippen MR) is 87.1 cm³/mol. The highest BCUT2D eigenvalue weighted by Crippen LogP contribution is 2.47. The highest BCUT2D eigenvalue weighted by atomic mass is 19.1. The molecule has 2 atom stereocenters. The van der Waals surface area contributed by atoms with Crippen LogP contribution in [0.4, 0.5) is 4.39 Å². The summed E-state index contributed by atoms with van der Waals surface area (Å²) in [4.78, 5) is 25.1. The Bertz CT molecular complexity index is 613. The normalized spacial score (nSPS) is 28.3. The highest BCUT2D eigenvalue weighted by molar-refractivity contribution is 5.83. The molecule has 3 rings (SSSR count). The summed E-state index contributed by atoms with van der Waals surface area (Å²) >= 11 is 0. The van der Waals surface area contributed by atoms with E-state index in [0.717, 1.165) is 24.8 Å². The number of nitrogens with zero attached hydrogens (tertiary/aromatic N) is 1. The van der Waals surface area contributed by atoms with Gasteiger partial charge in [-0.15, -0.1) is 0 Å². The minimum atomic E-state index is -0.815. The molecule has 2 N–H and O–H groups in total. The van der Waals surface area contributed by atoms with E-state index in [1.165, 1.54) is 12.1 Å². The van der Waals surface area contributed by atoms with Gasteiger partial charge in [0.15, 0.2) is 0 Å². The molecule has 0 radical (unpaired) electrons. The van der Waals surface area contributed by atoms with Crippen LogP contribution >= 0.6 is 0 Å². The van der Waals surface area contributed by atoms with E-state index < -0.39 is 5.97 Å². The van der Waals surface area contributed by atoms with Gasteiger partial charge in [0.2, 0.25) is 5.91 Å². The number of hydrogen-bond donors (Lipinski definition) is 2. The molecule has 0 aromatic heterocycles. The van der Waals surface area contributed by atoms with E-state index in [2.05, 4.69) is 5.32 Å². The quantitative estimate of drug-likeness (QED) is 0.800. The number of hydrogen-bond acceptors (Lipinski definition) is 3. The van der Waals surface area contributed by atoms with Crippen LogP contribution < -0.4 is 5.32 Å². The van der Waals surface area contributed by atoms with Crippen molar-refractivity contribution >= 4 is 11.9 Å². The van der Waals surface area contributed by atoms with Crippen LogP contribution in [-0.2, 0) is 9.59 Å². The highest BCUT2D eigenvalue weighted by Gasteiger charge is 2.45. The Morgan fingerprint density at radius 3 is 2.50 bits per heavy atom. The molecule has 2 fully saturated rings. The predicted octanol–water partition coefficient (Wildman–Crippen LogP) is 1.98. The van der Waals surface area contributed by atoms with Gasteiger partial charge >= 0.3 is 5.97 Å². The number of benzene rings is 1. The van der Waals surface area contributed by atoms with Crippen LogP contribution in [-0.4, -0.2) is 47.1 Å². The molecular formula is C18H23FN2O3. The fourth-order valence-corrected chi connectivity index (χ4v) is 3.55. The number of nitrogens with one attached hydrogen (secondary N) is 1. The molecule has 0 saturated heterocycles. The van der Waals surface area contributed by atoms with E-state index in [0.29, 0.717) is 6.54 Å². The fraction of sp³-hybridized carbons (Fsp3) is 0.556. The topological polar surface area (TPSA) is 69.6 Å². The maximum atomic E-state index is 12.9. The van der Waals surface area contributed by atoms with E-state index in [1.54, 1.807) is 12.1 Å². The standard InChI is InChI=1S/C18H23FN2O3/c1-2-21(10-17(22)23)14-7-13(8-14)20-18(24)16-9-15(16)11-3-5-12(19)6-4-11/h3-6,13-16H,2,7-10H2,1H3,(H,20,24)(H,22,23)/t13?,14?,15-,16-/m0/s1. The van der Waals surface area contributed by atoms with Crippen LogP contribution in [0.3, 0.4) is 0 Å². The Morgan fingerprint density at radius 2 is 1.92 bits per heavy atom. The summed E-state index contributed by atoms with van der Waals surface area (Å²) < 4.78 is 12.9. The molecule has 24 heavy (non-hydrogen) atoms. The van der Waals surface area contributed by atoms with Crippen LogP contribution in [0, 0.1) is 11.7 Å². The molecular weight excluding hydrogens is 311 g/mol. The summed E-state index contributed by atoms with van der Waals surface area (Å²) in [5.74, 6) is -0.835. The largest absolute Gasteiger partial charge is 0.480 e. The van der Waals surface area contributed by atoms with Crippen LogP contribution in [0.2, 0.25) is 0 Å². The first-order chi connectivity index (χ1) is 11.5. The zero-order chi connectivity index (χ0) is 17.3. The van der Waals surface area contributed by atoms with Crippen molar-refractivity contribution in [1.29, 1.82) is 0 Å². The number of carbonyl (C=O) groups excluding carboxylic acids is 1. The van der Waals surface area contributed by atoms with Gasteiger partial charge in [0.1, 0.15) is 5.82 Å². The van der Waals surface area contributed by atoms with Crippen LogP contribution in [0.15, 0.2) is 24.3 Å². The second-order valence-corrected chi connectivity index (χ2v) is 6.79. The van der Waals surface area contributed by atoms with Gasteiger partial charge < -0.3 is 10.4 Å². The van der Waals surface area contributed by atoms with Gasteiger partial charge in [-0.3, -0.25) is 14.5 Å². The van der Waals surface area contributed by atoms with E-state index in [9.17, 15) is 14.0 Å². The Balaban J connectivity index is 1.43. The fourth-order valence-electron chi connectivity index (χ4n) is 3.55. The lowest BCUT2D eigenvalue weighted by Crippen LogP contribution is -2.55. The number of likely N-dealkylation sites (N-methyl/N-ethyl adjacent to an activating group) is 1. The first-order valence-corrected chi connectivity index (χ1v) is 8.49. The first kappa shape index (κ1) is 16.9. The maximum Gasteiger partial charge on any atom is 0.317 e. The summed E-state index contributed by atoms with van der Waals surface area (Å²) in [7, 11) is 0. The van der Waals surface area contributed by atoms with Gasteiger partial charge in [-0.2, -0.15) is 0 Å². The smallest absolute Gasteiger partial charge is 0.317 e. The third kappa shape index (κ3) is 3.75. The number of carbonyl (C=O) groups is 2. The van der Waals surface area contributed by atoms with Crippen molar-refractivity contribution in [3.63, 3.8) is 0 Å².